The normalized spacial score (nSPS) is 20.0. The summed E-state index contributed by atoms with van der Waals surface area (Å²) < 4.78 is 51.8. The number of fused-ring (bicyclic) bond motifs is 1. The zero-order valence-electron chi connectivity index (χ0n) is 13.4. The van der Waals surface area contributed by atoms with Gasteiger partial charge < -0.3 is 9.84 Å². The highest BCUT2D eigenvalue weighted by Crippen LogP contribution is 2.61. The number of rotatable bonds is 6. The van der Waals surface area contributed by atoms with Crippen LogP contribution in [0.3, 0.4) is 0 Å². The molecular weight excluding hydrogens is 364 g/mol. The minimum Gasteiger partial charge on any atom is -0.494 e. The van der Waals surface area contributed by atoms with E-state index in [0.717, 1.165) is 0 Å². The number of ether oxygens (including phenoxy) is 1. The lowest BCUT2D eigenvalue weighted by molar-refractivity contribution is 0.233. The van der Waals surface area contributed by atoms with E-state index in [2.05, 4.69) is 0 Å². The van der Waals surface area contributed by atoms with Gasteiger partial charge in [-0.2, -0.15) is 10.6 Å². The summed E-state index contributed by atoms with van der Waals surface area (Å²) >= 11 is 0. The van der Waals surface area contributed by atoms with Crippen molar-refractivity contribution < 1.29 is 27.4 Å². The average Bonchev–Trinajstić information content (AvgIpc) is 2.88. The molecule has 8 heteroatoms. The van der Waals surface area contributed by atoms with Gasteiger partial charge in [0.2, 0.25) is 0 Å². The molecule has 2 aromatic carbocycles. The van der Waals surface area contributed by atoms with E-state index in [9.17, 15) is 17.5 Å². The van der Waals surface area contributed by atoms with E-state index in [0.29, 0.717) is 29.2 Å². The summed E-state index contributed by atoms with van der Waals surface area (Å²) in [6.45, 7) is 0.374. The Morgan fingerprint density at radius 3 is 2.44 bits per heavy atom. The first-order valence-corrected chi connectivity index (χ1v) is 11.0. The molecule has 0 spiro atoms. The monoisotopic (exact) mass is 384 g/mol. The van der Waals surface area contributed by atoms with E-state index in [4.69, 9.17) is 9.84 Å². The largest absolute Gasteiger partial charge is 0.494 e. The quantitative estimate of drug-likeness (QED) is 0.661. The van der Waals surface area contributed by atoms with Crippen LogP contribution in [0.15, 0.2) is 58.3 Å². The van der Waals surface area contributed by atoms with Crippen LogP contribution < -0.4 is 4.74 Å². The molecule has 0 fully saturated rings. The Balaban J connectivity index is 1.88. The summed E-state index contributed by atoms with van der Waals surface area (Å²) in [6.07, 6.45) is 0.497. The molecule has 0 aromatic heterocycles. The van der Waals surface area contributed by atoms with Crippen molar-refractivity contribution in [2.75, 3.05) is 19.0 Å². The summed E-state index contributed by atoms with van der Waals surface area (Å²) in [5.41, 5.74) is 0.450. The molecule has 136 valence electrons. The third-order valence-electron chi connectivity index (χ3n) is 4.10. The molecule has 1 aliphatic heterocycles. The van der Waals surface area contributed by atoms with Gasteiger partial charge in [-0.3, -0.25) is 9.11 Å². The predicted octanol–water partition coefficient (Wildman–Crippen LogP) is 3.09. The summed E-state index contributed by atoms with van der Waals surface area (Å²) in [6, 6.07) is 12.6. The van der Waals surface area contributed by atoms with Crippen LogP contribution in [-0.4, -0.2) is 41.6 Å². The van der Waals surface area contributed by atoms with Crippen LogP contribution in [0.2, 0.25) is 0 Å². The van der Waals surface area contributed by atoms with Crippen LogP contribution in [0.5, 0.6) is 5.75 Å². The van der Waals surface area contributed by atoms with Crippen LogP contribution in [0.25, 0.3) is 0 Å². The van der Waals surface area contributed by atoms with Crippen molar-refractivity contribution in [3.63, 3.8) is 0 Å². The molecule has 3 rings (SSSR count). The highest BCUT2D eigenvalue weighted by molar-refractivity contribution is 8.25. The Morgan fingerprint density at radius 2 is 1.76 bits per heavy atom. The fourth-order valence-electron chi connectivity index (χ4n) is 2.84. The Hall–Kier alpha value is -1.58. The van der Waals surface area contributed by atoms with E-state index in [1.165, 1.54) is 12.1 Å². The second kappa shape index (κ2) is 6.97. The van der Waals surface area contributed by atoms with Gasteiger partial charge in [0, 0.05) is 13.0 Å². The second-order valence-electron chi connectivity index (χ2n) is 5.80. The third kappa shape index (κ3) is 3.54. The second-order valence-corrected chi connectivity index (χ2v) is 10.0. The maximum atomic E-state index is 13.0. The van der Waals surface area contributed by atoms with E-state index in [-0.39, 0.29) is 17.3 Å². The molecule has 1 atom stereocenters. The highest BCUT2D eigenvalue weighted by atomic mass is 32.3. The summed E-state index contributed by atoms with van der Waals surface area (Å²) in [5.74, 6) is 0.298. The number of aliphatic hydroxyl groups is 1. The van der Waals surface area contributed by atoms with Crippen molar-refractivity contribution in [3.8, 4) is 5.75 Å². The standard InChI is InChI=1S/C17H20O6S2/c18-10-3-11-23-13-6-8-14(9-7-13)25(21,22)17-12-24(19,20)16-5-2-1-4-15(16)17/h1-2,4-9,17-20H,3,10-12H2. The van der Waals surface area contributed by atoms with Gasteiger partial charge in [-0.1, -0.05) is 18.2 Å². The molecule has 0 saturated carbocycles. The highest BCUT2D eigenvalue weighted by Gasteiger charge is 2.42. The Morgan fingerprint density at radius 1 is 1.08 bits per heavy atom. The Bertz CT molecular complexity index is 846. The summed E-state index contributed by atoms with van der Waals surface area (Å²) in [4.78, 5) is 0.423. The number of sulfone groups is 1. The molecule has 0 radical (unpaired) electrons. The molecule has 0 saturated heterocycles. The topological polar surface area (TPSA) is 104 Å². The fourth-order valence-corrected chi connectivity index (χ4v) is 7.25. The number of benzene rings is 2. The van der Waals surface area contributed by atoms with Gasteiger partial charge in [0.1, 0.15) is 11.0 Å². The van der Waals surface area contributed by atoms with Crippen LogP contribution >= 0.6 is 10.6 Å². The molecule has 0 bridgehead atoms. The summed E-state index contributed by atoms with van der Waals surface area (Å²) in [5, 5.41) is 7.76. The first kappa shape index (κ1) is 18.2. The first-order valence-electron chi connectivity index (χ1n) is 7.79. The van der Waals surface area contributed by atoms with E-state index < -0.39 is 25.7 Å². The smallest absolute Gasteiger partial charge is 0.187 e. The van der Waals surface area contributed by atoms with E-state index in [1.54, 1.807) is 36.4 Å². The fraction of sp³-hybridized carbons (Fsp3) is 0.294. The number of hydrogen-bond acceptors (Lipinski definition) is 6. The molecule has 25 heavy (non-hydrogen) atoms. The third-order valence-corrected chi connectivity index (χ3v) is 8.28. The lowest BCUT2D eigenvalue weighted by Crippen LogP contribution is -2.15. The average molecular weight is 384 g/mol. The molecule has 1 heterocycles. The molecule has 3 N–H and O–H groups in total. The maximum absolute atomic E-state index is 13.0. The lowest BCUT2D eigenvalue weighted by Gasteiger charge is -2.27. The van der Waals surface area contributed by atoms with Crippen molar-refractivity contribution >= 4 is 20.4 Å². The van der Waals surface area contributed by atoms with Crippen molar-refractivity contribution in [1.29, 1.82) is 0 Å². The first-order chi connectivity index (χ1) is 11.9. The van der Waals surface area contributed by atoms with Gasteiger partial charge in [-0.15, -0.1) is 0 Å². The van der Waals surface area contributed by atoms with Crippen molar-refractivity contribution in [1.82, 2.24) is 0 Å². The van der Waals surface area contributed by atoms with Gasteiger partial charge in [0.05, 0.1) is 22.2 Å². The Labute approximate surface area is 148 Å². The van der Waals surface area contributed by atoms with Crippen molar-refractivity contribution in [3.05, 3.63) is 54.1 Å². The van der Waals surface area contributed by atoms with E-state index >= 15 is 0 Å². The number of hydrogen-bond donors (Lipinski definition) is 3. The van der Waals surface area contributed by atoms with Crippen molar-refractivity contribution in [2.24, 2.45) is 0 Å². The zero-order valence-corrected chi connectivity index (χ0v) is 15.0. The number of aliphatic hydroxyl groups excluding tert-OH is 1. The molecule has 2 aromatic rings. The minimum absolute atomic E-state index is 0.0277. The van der Waals surface area contributed by atoms with Gasteiger partial charge >= 0.3 is 0 Å². The molecule has 0 aliphatic carbocycles. The van der Waals surface area contributed by atoms with Crippen LogP contribution in [-0.2, 0) is 9.84 Å². The summed E-state index contributed by atoms with van der Waals surface area (Å²) in [7, 11) is -6.86. The maximum Gasteiger partial charge on any atom is 0.187 e. The van der Waals surface area contributed by atoms with Crippen LogP contribution in [0.1, 0.15) is 17.2 Å². The van der Waals surface area contributed by atoms with Crippen LogP contribution in [0, 0.1) is 0 Å². The Kier molecular flexibility index (Phi) is 5.08. The zero-order chi connectivity index (χ0) is 18.1. The van der Waals surface area contributed by atoms with Gasteiger partial charge in [0.15, 0.2) is 9.84 Å². The van der Waals surface area contributed by atoms with Crippen molar-refractivity contribution in [2.45, 2.75) is 21.5 Å². The SMILES string of the molecule is O=S(=O)(c1ccc(OCCCO)cc1)C1CS(O)(O)c2ccccc21. The van der Waals surface area contributed by atoms with Gasteiger partial charge in [-0.25, -0.2) is 8.42 Å². The molecular formula is C17H20O6S2. The molecule has 1 aliphatic rings. The molecule has 1 unspecified atom stereocenters. The van der Waals surface area contributed by atoms with Gasteiger partial charge in [0.25, 0.3) is 0 Å². The predicted molar refractivity (Wildman–Crippen MR) is 96.0 cm³/mol. The lowest BCUT2D eigenvalue weighted by atomic mass is 10.2. The minimum atomic E-state index is -3.76. The van der Waals surface area contributed by atoms with E-state index in [1.807, 2.05) is 0 Å². The van der Waals surface area contributed by atoms with Crippen LogP contribution in [0.4, 0.5) is 0 Å². The molecule has 0 amide bonds. The molecule has 6 nitrogen and oxygen atoms in total. The van der Waals surface area contributed by atoms with Gasteiger partial charge in [-0.05, 0) is 35.9 Å².